The van der Waals surface area contributed by atoms with E-state index in [1.165, 1.54) is 0 Å². The van der Waals surface area contributed by atoms with Gasteiger partial charge in [-0.2, -0.15) is 0 Å². The number of likely N-dealkylation sites (N-methyl/N-ethyl adjacent to an activating group) is 2. The normalized spacial score (nSPS) is 10.9. The van der Waals surface area contributed by atoms with Gasteiger partial charge in [0.2, 0.25) is 0 Å². The largest absolute Gasteiger partial charge is 0.395 e. The average molecular weight is 160 g/mol. The van der Waals surface area contributed by atoms with Gasteiger partial charge in [0.25, 0.3) is 0 Å². The molecular weight excluding hydrogens is 140 g/mol. The number of aliphatic hydroxyl groups is 1. The molecule has 68 valence electrons. The van der Waals surface area contributed by atoms with Gasteiger partial charge in [-0.05, 0) is 13.1 Å². The van der Waals surface area contributed by atoms with E-state index >= 15 is 0 Å². The van der Waals surface area contributed by atoms with Gasteiger partial charge in [0.15, 0.2) is 0 Å². The van der Waals surface area contributed by atoms with E-state index in [-0.39, 0.29) is 6.61 Å². The van der Waals surface area contributed by atoms with Crippen molar-refractivity contribution in [2.24, 2.45) is 0 Å². The number of nitrogens with one attached hydrogen (secondary N) is 1. The van der Waals surface area contributed by atoms with Gasteiger partial charge in [0.05, 0.1) is 6.61 Å². The molecule has 0 rings (SSSR count). The van der Waals surface area contributed by atoms with Gasteiger partial charge in [-0.3, -0.25) is 0 Å². The molecule has 0 aliphatic carbocycles. The summed E-state index contributed by atoms with van der Waals surface area (Å²) in [6.07, 6.45) is 0. The zero-order valence-corrected chi connectivity index (χ0v) is 7.64. The maximum Gasteiger partial charge on any atom is 0.0558 e. The van der Waals surface area contributed by atoms with Crippen molar-refractivity contribution in [1.82, 2.24) is 10.2 Å². The van der Waals surface area contributed by atoms with Gasteiger partial charge >= 0.3 is 0 Å². The van der Waals surface area contributed by atoms with Crippen molar-refractivity contribution in [3.63, 3.8) is 0 Å². The molecule has 0 amide bonds. The molecule has 0 aromatic carbocycles. The second-order valence-corrected chi connectivity index (χ2v) is 2.51. The first-order valence-electron chi connectivity index (χ1n) is 4.39. The summed E-state index contributed by atoms with van der Waals surface area (Å²) in [5, 5.41) is 11.9. The highest BCUT2D eigenvalue weighted by atomic mass is 16.3. The van der Waals surface area contributed by atoms with Crippen molar-refractivity contribution >= 4 is 0 Å². The highest BCUT2D eigenvalue weighted by Crippen LogP contribution is 1.83. The molecule has 2 N–H and O–H groups in total. The number of nitrogens with zero attached hydrogens (tertiary/aromatic N) is 1. The van der Waals surface area contributed by atoms with E-state index in [2.05, 4.69) is 24.1 Å². The predicted molar refractivity (Wildman–Crippen MR) is 47.7 cm³/mol. The molecule has 0 atom stereocenters. The van der Waals surface area contributed by atoms with E-state index in [9.17, 15) is 0 Å². The Labute approximate surface area is 69.4 Å². The van der Waals surface area contributed by atoms with Crippen molar-refractivity contribution in [2.75, 3.05) is 39.3 Å². The number of hydrogen-bond donors (Lipinski definition) is 2. The van der Waals surface area contributed by atoms with E-state index < -0.39 is 0 Å². The Morgan fingerprint density at radius 2 is 2.00 bits per heavy atom. The lowest BCUT2D eigenvalue weighted by molar-refractivity contribution is 0.202. The van der Waals surface area contributed by atoms with Crippen LogP contribution in [0, 0.1) is 0 Å². The van der Waals surface area contributed by atoms with Gasteiger partial charge in [-0.15, -0.1) is 0 Å². The van der Waals surface area contributed by atoms with Crippen LogP contribution in [-0.4, -0.2) is 49.3 Å². The van der Waals surface area contributed by atoms with Crippen molar-refractivity contribution < 1.29 is 5.11 Å². The zero-order chi connectivity index (χ0) is 8.53. The van der Waals surface area contributed by atoms with E-state index in [0.717, 1.165) is 32.7 Å². The van der Waals surface area contributed by atoms with Crippen LogP contribution in [0.1, 0.15) is 13.8 Å². The minimum absolute atomic E-state index is 0.264. The SMILES string of the molecule is CCNCCN(CC)CCO. The number of rotatable bonds is 7. The summed E-state index contributed by atoms with van der Waals surface area (Å²) < 4.78 is 0. The fourth-order valence-electron chi connectivity index (χ4n) is 0.983. The molecule has 0 bridgehead atoms. The quantitative estimate of drug-likeness (QED) is 0.511. The van der Waals surface area contributed by atoms with Crippen molar-refractivity contribution in [2.45, 2.75) is 13.8 Å². The summed E-state index contributed by atoms with van der Waals surface area (Å²) in [6.45, 7) is 9.36. The monoisotopic (exact) mass is 160 g/mol. The Balaban J connectivity index is 3.20. The molecule has 0 fully saturated rings. The fraction of sp³-hybridized carbons (Fsp3) is 1.00. The summed E-state index contributed by atoms with van der Waals surface area (Å²) in [7, 11) is 0. The summed E-state index contributed by atoms with van der Waals surface area (Å²) >= 11 is 0. The van der Waals surface area contributed by atoms with Crippen LogP contribution in [0.15, 0.2) is 0 Å². The average Bonchev–Trinajstić information content (AvgIpc) is 2.03. The summed E-state index contributed by atoms with van der Waals surface area (Å²) in [6, 6.07) is 0. The minimum Gasteiger partial charge on any atom is -0.395 e. The van der Waals surface area contributed by atoms with Crippen molar-refractivity contribution in [1.29, 1.82) is 0 Å². The molecule has 3 heteroatoms. The van der Waals surface area contributed by atoms with Crippen LogP contribution in [0.2, 0.25) is 0 Å². The maximum atomic E-state index is 8.66. The standard InChI is InChI=1S/C8H20N2O/c1-3-9-5-6-10(4-2)7-8-11/h9,11H,3-8H2,1-2H3. The van der Waals surface area contributed by atoms with Crippen LogP contribution in [0.3, 0.4) is 0 Å². The molecule has 0 aromatic heterocycles. The Morgan fingerprint density at radius 1 is 1.27 bits per heavy atom. The van der Waals surface area contributed by atoms with E-state index in [4.69, 9.17) is 5.11 Å². The first kappa shape index (κ1) is 10.9. The summed E-state index contributed by atoms with van der Waals surface area (Å²) in [5.74, 6) is 0. The van der Waals surface area contributed by atoms with Crippen LogP contribution in [0.4, 0.5) is 0 Å². The topological polar surface area (TPSA) is 35.5 Å². The lowest BCUT2D eigenvalue weighted by Crippen LogP contribution is -2.33. The first-order valence-corrected chi connectivity index (χ1v) is 4.39. The predicted octanol–water partition coefficient (Wildman–Crippen LogP) is -0.0899. The lowest BCUT2D eigenvalue weighted by Gasteiger charge is -2.18. The smallest absolute Gasteiger partial charge is 0.0558 e. The van der Waals surface area contributed by atoms with Gasteiger partial charge in [0, 0.05) is 19.6 Å². The third-order valence-electron chi connectivity index (χ3n) is 1.72. The van der Waals surface area contributed by atoms with Crippen molar-refractivity contribution in [3.05, 3.63) is 0 Å². The molecular formula is C8H20N2O. The second-order valence-electron chi connectivity index (χ2n) is 2.51. The molecule has 0 radical (unpaired) electrons. The second kappa shape index (κ2) is 7.98. The molecule has 0 aliphatic heterocycles. The number of aliphatic hydroxyl groups excluding tert-OH is 1. The first-order chi connectivity index (χ1) is 5.35. The molecule has 0 aliphatic rings. The van der Waals surface area contributed by atoms with Crippen molar-refractivity contribution in [3.8, 4) is 0 Å². The molecule has 0 spiro atoms. The highest BCUT2D eigenvalue weighted by Gasteiger charge is 1.98. The van der Waals surface area contributed by atoms with Gasteiger partial charge in [-0.1, -0.05) is 13.8 Å². The zero-order valence-electron chi connectivity index (χ0n) is 7.64. The van der Waals surface area contributed by atoms with Gasteiger partial charge in [-0.25, -0.2) is 0 Å². The van der Waals surface area contributed by atoms with Crippen LogP contribution < -0.4 is 5.32 Å². The molecule has 11 heavy (non-hydrogen) atoms. The maximum absolute atomic E-state index is 8.66. The Morgan fingerprint density at radius 3 is 2.45 bits per heavy atom. The highest BCUT2D eigenvalue weighted by molar-refractivity contribution is 4.55. The molecule has 0 saturated carbocycles. The van der Waals surface area contributed by atoms with E-state index in [0.29, 0.717) is 0 Å². The summed E-state index contributed by atoms with van der Waals surface area (Å²) in [4.78, 5) is 2.22. The molecule has 0 aromatic rings. The van der Waals surface area contributed by atoms with E-state index in [1.54, 1.807) is 0 Å². The van der Waals surface area contributed by atoms with Crippen LogP contribution in [0.5, 0.6) is 0 Å². The molecule has 0 saturated heterocycles. The Kier molecular flexibility index (Phi) is 7.89. The number of hydrogen-bond acceptors (Lipinski definition) is 3. The lowest BCUT2D eigenvalue weighted by atomic mass is 10.4. The van der Waals surface area contributed by atoms with Gasteiger partial charge in [0.1, 0.15) is 0 Å². The third-order valence-corrected chi connectivity index (χ3v) is 1.72. The molecule has 0 heterocycles. The van der Waals surface area contributed by atoms with Crippen LogP contribution in [0.25, 0.3) is 0 Å². The van der Waals surface area contributed by atoms with Crippen LogP contribution >= 0.6 is 0 Å². The Bertz CT molecular complexity index is 78.5. The van der Waals surface area contributed by atoms with Crippen LogP contribution in [-0.2, 0) is 0 Å². The molecule has 3 nitrogen and oxygen atoms in total. The van der Waals surface area contributed by atoms with Gasteiger partial charge < -0.3 is 15.3 Å². The minimum atomic E-state index is 0.264. The third kappa shape index (κ3) is 6.28. The Hall–Kier alpha value is -0.120. The molecule has 0 unspecified atom stereocenters. The fourth-order valence-corrected chi connectivity index (χ4v) is 0.983. The summed E-state index contributed by atoms with van der Waals surface area (Å²) in [5.41, 5.74) is 0. The van der Waals surface area contributed by atoms with E-state index in [1.807, 2.05) is 0 Å².